The second-order valence-electron chi connectivity index (χ2n) is 2.54. The van der Waals surface area contributed by atoms with Crippen molar-refractivity contribution >= 4 is 6.08 Å². The van der Waals surface area contributed by atoms with Crippen LogP contribution in [0.4, 0.5) is 0 Å². The lowest BCUT2D eigenvalue weighted by Crippen LogP contribution is -1.94. The first-order valence-electron chi connectivity index (χ1n) is 3.99. The van der Waals surface area contributed by atoms with E-state index in [1.54, 1.807) is 12.1 Å². The fraction of sp³-hybridized carbons (Fsp3) is 0.200. The van der Waals surface area contributed by atoms with Crippen molar-refractivity contribution in [2.45, 2.75) is 6.42 Å². The lowest BCUT2D eigenvalue weighted by molar-refractivity contribution is 0.474. The molecule has 0 atom stereocenters. The highest BCUT2D eigenvalue weighted by Crippen LogP contribution is 2.16. The molecule has 0 bridgehead atoms. The first kappa shape index (κ1) is 8.81. The van der Waals surface area contributed by atoms with Crippen LogP contribution >= 0.6 is 0 Å². The Labute approximate surface area is 72.3 Å². The molecule has 1 aromatic carbocycles. The molecule has 0 radical (unpaired) electrons. The van der Waals surface area contributed by atoms with E-state index in [0.29, 0.717) is 12.3 Å². The van der Waals surface area contributed by atoms with Crippen molar-refractivity contribution in [1.29, 1.82) is 0 Å². The van der Waals surface area contributed by atoms with Gasteiger partial charge in [0.1, 0.15) is 5.75 Å². The van der Waals surface area contributed by atoms with Crippen molar-refractivity contribution in [2.24, 2.45) is 5.73 Å². The van der Waals surface area contributed by atoms with Crippen molar-refractivity contribution in [3.63, 3.8) is 0 Å². The Bertz CT molecular complexity index is 268. The number of nitrogens with two attached hydrogens (primary N) is 1. The van der Waals surface area contributed by atoms with Gasteiger partial charge in [-0.25, -0.2) is 0 Å². The summed E-state index contributed by atoms with van der Waals surface area (Å²) in [6.45, 7) is 0.643. The molecule has 0 fully saturated rings. The smallest absolute Gasteiger partial charge is 0.122 e. The number of para-hydroxylation sites is 1. The second kappa shape index (κ2) is 4.57. The summed E-state index contributed by atoms with van der Waals surface area (Å²) in [4.78, 5) is 0. The summed E-state index contributed by atoms with van der Waals surface area (Å²) in [5.74, 6) is 0.311. The predicted octanol–water partition coefficient (Wildman–Crippen LogP) is 1.75. The number of phenolic OH excluding ortho intramolecular Hbond substituents is 1. The van der Waals surface area contributed by atoms with Gasteiger partial charge in [-0.3, -0.25) is 0 Å². The number of rotatable bonds is 3. The molecule has 0 saturated carbocycles. The van der Waals surface area contributed by atoms with Gasteiger partial charge in [0.15, 0.2) is 0 Å². The fourth-order valence-corrected chi connectivity index (χ4v) is 0.935. The van der Waals surface area contributed by atoms with Gasteiger partial charge >= 0.3 is 0 Å². The van der Waals surface area contributed by atoms with Crippen LogP contribution in [0, 0.1) is 0 Å². The molecule has 0 aromatic heterocycles. The Balaban J connectivity index is 2.68. The zero-order chi connectivity index (χ0) is 8.81. The van der Waals surface area contributed by atoms with E-state index in [9.17, 15) is 5.11 Å². The van der Waals surface area contributed by atoms with Gasteiger partial charge in [0.25, 0.3) is 0 Å². The molecule has 0 saturated heterocycles. The molecule has 0 unspecified atom stereocenters. The van der Waals surface area contributed by atoms with E-state index >= 15 is 0 Å². The van der Waals surface area contributed by atoms with Gasteiger partial charge in [0.2, 0.25) is 0 Å². The lowest BCUT2D eigenvalue weighted by atomic mass is 10.2. The minimum absolute atomic E-state index is 0.311. The van der Waals surface area contributed by atoms with Gasteiger partial charge in [-0.1, -0.05) is 30.4 Å². The molecule has 0 spiro atoms. The lowest BCUT2D eigenvalue weighted by Gasteiger charge is -1.96. The van der Waals surface area contributed by atoms with Crippen LogP contribution in [0.5, 0.6) is 5.75 Å². The molecule has 64 valence electrons. The van der Waals surface area contributed by atoms with Crippen LogP contribution in [-0.2, 0) is 0 Å². The quantitative estimate of drug-likeness (QED) is 0.713. The molecular formula is C10H13NO. The van der Waals surface area contributed by atoms with E-state index in [0.717, 1.165) is 12.0 Å². The summed E-state index contributed by atoms with van der Waals surface area (Å²) in [5.41, 5.74) is 6.16. The van der Waals surface area contributed by atoms with Crippen molar-refractivity contribution in [3.05, 3.63) is 35.9 Å². The summed E-state index contributed by atoms with van der Waals surface area (Å²) < 4.78 is 0. The molecule has 1 aromatic rings. The molecular weight excluding hydrogens is 150 g/mol. The molecule has 2 heteroatoms. The van der Waals surface area contributed by atoms with E-state index in [1.807, 2.05) is 24.3 Å². The third-order valence-corrected chi connectivity index (χ3v) is 1.57. The molecule has 12 heavy (non-hydrogen) atoms. The van der Waals surface area contributed by atoms with Crippen LogP contribution in [0.2, 0.25) is 0 Å². The van der Waals surface area contributed by atoms with Gasteiger partial charge < -0.3 is 10.8 Å². The molecule has 0 aliphatic rings. The van der Waals surface area contributed by atoms with Crippen LogP contribution in [0.1, 0.15) is 12.0 Å². The van der Waals surface area contributed by atoms with E-state index in [1.165, 1.54) is 0 Å². The summed E-state index contributed by atoms with van der Waals surface area (Å²) >= 11 is 0. The Morgan fingerprint density at radius 1 is 1.33 bits per heavy atom. The van der Waals surface area contributed by atoms with Crippen LogP contribution in [-0.4, -0.2) is 11.7 Å². The number of phenols is 1. The molecule has 0 heterocycles. The largest absolute Gasteiger partial charge is 0.507 e. The van der Waals surface area contributed by atoms with Crippen molar-refractivity contribution in [1.82, 2.24) is 0 Å². The molecule has 3 N–H and O–H groups in total. The highest BCUT2D eigenvalue weighted by Gasteiger charge is 1.91. The van der Waals surface area contributed by atoms with E-state index in [2.05, 4.69) is 0 Å². The van der Waals surface area contributed by atoms with Crippen LogP contribution < -0.4 is 5.73 Å². The van der Waals surface area contributed by atoms with Crippen molar-refractivity contribution in [3.8, 4) is 5.75 Å². The second-order valence-corrected chi connectivity index (χ2v) is 2.54. The summed E-state index contributed by atoms with van der Waals surface area (Å²) in [6, 6.07) is 7.22. The number of benzene rings is 1. The Morgan fingerprint density at radius 2 is 2.08 bits per heavy atom. The average Bonchev–Trinajstić information content (AvgIpc) is 2.09. The van der Waals surface area contributed by atoms with Crippen molar-refractivity contribution in [2.75, 3.05) is 6.54 Å². The number of hydrogen-bond acceptors (Lipinski definition) is 2. The van der Waals surface area contributed by atoms with E-state index in [4.69, 9.17) is 5.73 Å². The minimum Gasteiger partial charge on any atom is -0.507 e. The first-order valence-corrected chi connectivity index (χ1v) is 3.99. The third kappa shape index (κ3) is 2.40. The molecule has 0 aliphatic heterocycles. The Kier molecular flexibility index (Phi) is 3.35. The zero-order valence-corrected chi connectivity index (χ0v) is 6.90. The predicted molar refractivity (Wildman–Crippen MR) is 50.8 cm³/mol. The molecule has 2 nitrogen and oxygen atoms in total. The van der Waals surface area contributed by atoms with Crippen LogP contribution in [0.25, 0.3) is 6.08 Å². The Hall–Kier alpha value is -1.28. The van der Waals surface area contributed by atoms with E-state index < -0.39 is 0 Å². The van der Waals surface area contributed by atoms with Crippen LogP contribution in [0.15, 0.2) is 30.3 Å². The number of aromatic hydroxyl groups is 1. The normalized spacial score (nSPS) is 10.8. The van der Waals surface area contributed by atoms with Gasteiger partial charge in [-0.15, -0.1) is 0 Å². The van der Waals surface area contributed by atoms with E-state index in [-0.39, 0.29) is 0 Å². The minimum atomic E-state index is 0.311. The summed E-state index contributed by atoms with van der Waals surface area (Å²) in [5, 5.41) is 9.33. The van der Waals surface area contributed by atoms with Gasteiger partial charge in [0.05, 0.1) is 0 Å². The van der Waals surface area contributed by atoms with Crippen LogP contribution in [0.3, 0.4) is 0 Å². The summed E-state index contributed by atoms with van der Waals surface area (Å²) in [6.07, 6.45) is 4.67. The maximum atomic E-state index is 9.33. The standard InChI is InChI=1S/C10H13NO/c11-8-4-3-6-9-5-1-2-7-10(9)12/h1-3,5-7,12H,4,8,11H2/b6-3+. The molecule has 1 rings (SSSR count). The zero-order valence-electron chi connectivity index (χ0n) is 6.90. The topological polar surface area (TPSA) is 46.2 Å². The Morgan fingerprint density at radius 3 is 2.75 bits per heavy atom. The molecule has 0 amide bonds. The average molecular weight is 163 g/mol. The SMILES string of the molecule is NCC/C=C/c1ccccc1O. The van der Waals surface area contributed by atoms with Gasteiger partial charge in [-0.2, -0.15) is 0 Å². The first-order chi connectivity index (χ1) is 5.84. The summed E-state index contributed by atoms with van der Waals surface area (Å²) in [7, 11) is 0. The maximum absolute atomic E-state index is 9.33. The third-order valence-electron chi connectivity index (χ3n) is 1.57. The van der Waals surface area contributed by atoms with Crippen molar-refractivity contribution < 1.29 is 5.11 Å². The monoisotopic (exact) mass is 163 g/mol. The maximum Gasteiger partial charge on any atom is 0.122 e. The highest BCUT2D eigenvalue weighted by atomic mass is 16.3. The van der Waals surface area contributed by atoms with Gasteiger partial charge in [0, 0.05) is 5.56 Å². The fourth-order valence-electron chi connectivity index (χ4n) is 0.935. The highest BCUT2D eigenvalue weighted by molar-refractivity contribution is 5.56. The molecule has 0 aliphatic carbocycles. The number of hydrogen-bond donors (Lipinski definition) is 2. The van der Waals surface area contributed by atoms with Gasteiger partial charge in [-0.05, 0) is 19.0 Å².